The highest BCUT2D eigenvalue weighted by atomic mass is 16.2. The molecule has 0 spiro atoms. The van der Waals surface area contributed by atoms with Crippen LogP contribution in [0.1, 0.15) is 59.3 Å². The molecule has 1 rings (SSSR count). The summed E-state index contributed by atoms with van der Waals surface area (Å²) in [6.45, 7) is 7.16. The molecule has 3 heteroatoms. The zero-order valence-electron chi connectivity index (χ0n) is 11.4. The van der Waals surface area contributed by atoms with E-state index in [-0.39, 0.29) is 17.1 Å². The van der Waals surface area contributed by atoms with E-state index >= 15 is 0 Å². The quantitative estimate of drug-likeness (QED) is 0.692. The first kappa shape index (κ1) is 14.2. The van der Waals surface area contributed by atoms with Crippen LogP contribution in [-0.4, -0.2) is 29.7 Å². The van der Waals surface area contributed by atoms with Crippen molar-refractivity contribution in [1.82, 2.24) is 4.90 Å². The van der Waals surface area contributed by atoms with Crippen LogP contribution >= 0.6 is 0 Å². The molecule has 17 heavy (non-hydrogen) atoms. The molecule has 3 nitrogen and oxygen atoms in total. The number of nitrogens with zero attached hydrogens (tertiary/aromatic N) is 1. The number of piperidine rings is 1. The van der Waals surface area contributed by atoms with Gasteiger partial charge in [0.2, 0.25) is 5.91 Å². The Bertz CT molecular complexity index is 284. The van der Waals surface area contributed by atoms with Crippen LogP contribution in [-0.2, 0) is 9.59 Å². The van der Waals surface area contributed by atoms with Gasteiger partial charge in [-0.2, -0.15) is 0 Å². The fraction of sp³-hybridized carbons (Fsp3) is 0.857. The molecule has 1 heterocycles. The second kappa shape index (κ2) is 6.18. The van der Waals surface area contributed by atoms with Gasteiger partial charge in [-0.25, -0.2) is 0 Å². The van der Waals surface area contributed by atoms with Crippen molar-refractivity contribution < 1.29 is 9.59 Å². The summed E-state index contributed by atoms with van der Waals surface area (Å²) in [5, 5.41) is 0. The lowest BCUT2D eigenvalue weighted by Crippen LogP contribution is -2.47. The zero-order valence-corrected chi connectivity index (χ0v) is 11.4. The third-order valence-electron chi connectivity index (χ3n) is 3.69. The number of Topliss-reactive ketones (excluding diaryl/α,β-unsaturated/α-hetero) is 1. The largest absolute Gasteiger partial charge is 0.335 e. The van der Waals surface area contributed by atoms with Crippen molar-refractivity contribution in [2.75, 3.05) is 13.1 Å². The third-order valence-corrected chi connectivity index (χ3v) is 3.69. The van der Waals surface area contributed by atoms with Gasteiger partial charge in [0.1, 0.15) is 0 Å². The molecule has 1 saturated heterocycles. The number of likely N-dealkylation sites (tertiary alicyclic amines) is 1. The van der Waals surface area contributed by atoms with Crippen LogP contribution in [0.25, 0.3) is 0 Å². The molecular weight excluding hydrogens is 214 g/mol. The van der Waals surface area contributed by atoms with E-state index in [1.807, 2.05) is 13.8 Å². The fourth-order valence-corrected chi connectivity index (χ4v) is 2.09. The molecular formula is C14H25NO2. The summed E-state index contributed by atoms with van der Waals surface area (Å²) in [7, 11) is 0. The van der Waals surface area contributed by atoms with E-state index in [4.69, 9.17) is 0 Å². The van der Waals surface area contributed by atoms with Gasteiger partial charge in [-0.3, -0.25) is 9.59 Å². The minimum Gasteiger partial charge on any atom is -0.335 e. The van der Waals surface area contributed by atoms with Crippen LogP contribution in [0.2, 0.25) is 0 Å². The molecule has 1 aliphatic heterocycles. The van der Waals surface area contributed by atoms with E-state index in [1.165, 1.54) is 12.8 Å². The molecule has 1 fully saturated rings. The number of hydrogen-bond donors (Lipinski definition) is 0. The molecule has 0 radical (unpaired) electrons. The van der Waals surface area contributed by atoms with Crippen LogP contribution in [0, 0.1) is 5.41 Å². The SMILES string of the molecule is CCCCCCC(=O)N1CCC(C)(C)C(=O)C1. The molecule has 0 aromatic heterocycles. The number of hydrogen-bond acceptors (Lipinski definition) is 2. The van der Waals surface area contributed by atoms with Gasteiger partial charge in [-0.05, 0) is 12.8 Å². The molecule has 0 atom stereocenters. The van der Waals surface area contributed by atoms with Gasteiger partial charge in [-0.15, -0.1) is 0 Å². The van der Waals surface area contributed by atoms with E-state index in [0.29, 0.717) is 13.0 Å². The average molecular weight is 239 g/mol. The zero-order chi connectivity index (χ0) is 12.9. The molecule has 0 aliphatic carbocycles. The molecule has 0 N–H and O–H groups in total. The maximum absolute atomic E-state index is 11.9. The average Bonchev–Trinajstić information content (AvgIpc) is 2.28. The monoisotopic (exact) mass is 239 g/mol. The van der Waals surface area contributed by atoms with E-state index < -0.39 is 0 Å². The van der Waals surface area contributed by atoms with Crippen molar-refractivity contribution in [2.24, 2.45) is 5.41 Å². The maximum atomic E-state index is 11.9. The summed E-state index contributed by atoms with van der Waals surface area (Å²) in [5.74, 6) is 0.357. The van der Waals surface area contributed by atoms with Gasteiger partial charge in [0, 0.05) is 18.4 Å². The molecule has 0 aromatic rings. The number of ketones is 1. The first-order valence-corrected chi connectivity index (χ1v) is 6.78. The first-order chi connectivity index (χ1) is 7.97. The Balaban J connectivity index is 2.32. The molecule has 0 aromatic carbocycles. The topological polar surface area (TPSA) is 37.4 Å². The Hall–Kier alpha value is -0.860. The normalized spacial score (nSPS) is 19.5. The van der Waals surface area contributed by atoms with Crippen molar-refractivity contribution in [3.8, 4) is 0 Å². The fourth-order valence-electron chi connectivity index (χ4n) is 2.09. The van der Waals surface area contributed by atoms with Gasteiger partial charge in [0.25, 0.3) is 0 Å². The predicted octanol–water partition coefficient (Wildman–Crippen LogP) is 2.78. The molecule has 0 saturated carbocycles. The Morgan fingerprint density at radius 2 is 2.00 bits per heavy atom. The smallest absolute Gasteiger partial charge is 0.222 e. The third kappa shape index (κ3) is 4.14. The molecule has 0 bridgehead atoms. The summed E-state index contributed by atoms with van der Waals surface area (Å²) < 4.78 is 0. The summed E-state index contributed by atoms with van der Waals surface area (Å²) >= 11 is 0. The lowest BCUT2D eigenvalue weighted by Gasteiger charge is -2.35. The second-order valence-electron chi connectivity index (χ2n) is 5.68. The van der Waals surface area contributed by atoms with Gasteiger partial charge in [0.15, 0.2) is 5.78 Å². The van der Waals surface area contributed by atoms with Crippen LogP contribution in [0.3, 0.4) is 0 Å². The van der Waals surface area contributed by atoms with E-state index in [2.05, 4.69) is 6.92 Å². The summed E-state index contributed by atoms with van der Waals surface area (Å²) in [6.07, 6.45) is 5.86. The minimum atomic E-state index is -0.237. The Labute approximate surface area is 105 Å². The molecule has 1 aliphatic rings. The van der Waals surface area contributed by atoms with Gasteiger partial charge >= 0.3 is 0 Å². The van der Waals surface area contributed by atoms with Gasteiger partial charge in [-0.1, -0.05) is 40.0 Å². The lowest BCUT2D eigenvalue weighted by molar-refractivity contribution is -0.142. The molecule has 1 amide bonds. The van der Waals surface area contributed by atoms with Crippen LogP contribution < -0.4 is 0 Å². The van der Waals surface area contributed by atoms with Crippen molar-refractivity contribution in [3.63, 3.8) is 0 Å². The number of carbonyl (C=O) groups excluding carboxylic acids is 2. The first-order valence-electron chi connectivity index (χ1n) is 6.78. The number of rotatable bonds is 5. The highest BCUT2D eigenvalue weighted by Gasteiger charge is 2.35. The number of unbranched alkanes of at least 4 members (excludes halogenated alkanes) is 3. The van der Waals surface area contributed by atoms with Crippen molar-refractivity contribution in [3.05, 3.63) is 0 Å². The Morgan fingerprint density at radius 3 is 2.59 bits per heavy atom. The maximum Gasteiger partial charge on any atom is 0.222 e. The molecule has 0 unspecified atom stereocenters. The standard InChI is InChI=1S/C14H25NO2/c1-4-5-6-7-8-13(17)15-10-9-14(2,3)12(16)11-15/h4-11H2,1-3H3. The van der Waals surface area contributed by atoms with Gasteiger partial charge < -0.3 is 4.90 Å². The number of carbonyl (C=O) groups is 2. The second-order valence-corrected chi connectivity index (χ2v) is 5.68. The Kier molecular flexibility index (Phi) is 5.16. The number of amides is 1. The highest BCUT2D eigenvalue weighted by Crippen LogP contribution is 2.27. The highest BCUT2D eigenvalue weighted by molar-refractivity contribution is 5.90. The van der Waals surface area contributed by atoms with Crippen LogP contribution in [0.15, 0.2) is 0 Å². The van der Waals surface area contributed by atoms with Crippen LogP contribution in [0.4, 0.5) is 0 Å². The Morgan fingerprint density at radius 1 is 1.29 bits per heavy atom. The van der Waals surface area contributed by atoms with Crippen LogP contribution in [0.5, 0.6) is 0 Å². The van der Waals surface area contributed by atoms with Crippen molar-refractivity contribution in [1.29, 1.82) is 0 Å². The summed E-state index contributed by atoms with van der Waals surface area (Å²) in [5.41, 5.74) is -0.237. The minimum absolute atomic E-state index is 0.157. The molecule has 98 valence electrons. The van der Waals surface area contributed by atoms with E-state index in [9.17, 15) is 9.59 Å². The summed E-state index contributed by atoms with van der Waals surface area (Å²) in [4.78, 5) is 25.4. The van der Waals surface area contributed by atoms with Crippen molar-refractivity contribution >= 4 is 11.7 Å². The lowest BCUT2D eigenvalue weighted by atomic mass is 9.81. The predicted molar refractivity (Wildman–Crippen MR) is 68.7 cm³/mol. The van der Waals surface area contributed by atoms with E-state index in [1.54, 1.807) is 4.90 Å². The van der Waals surface area contributed by atoms with Crippen molar-refractivity contribution in [2.45, 2.75) is 59.3 Å². The van der Waals surface area contributed by atoms with Gasteiger partial charge in [0.05, 0.1) is 6.54 Å². The summed E-state index contributed by atoms with van der Waals surface area (Å²) in [6, 6.07) is 0. The van der Waals surface area contributed by atoms with E-state index in [0.717, 1.165) is 25.8 Å².